The Balaban J connectivity index is 1.46. The molecule has 4 heteroatoms. The van der Waals surface area contributed by atoms with Crippen molar-refractivity contribution in [2.24, 2.45) is 29.4 Å². The van der Waals surface area contributed by atoms with Crippen LogP contribution in [0.3, 0.4) is 0 Å². The Labute approximate surface area is 125 Å². The molecule has 21 heavy (non-hydrogen) atoms. The monoisotopic (exact) mass is 285 g/mol. The molecule has 1 heterocycles. The molecule has 3 N–H and O–H groups in total. The molecule has 0 aliphatic heterocycles. The minimum absolute atomic E-state index is 0.0409. The standard InChI is InChI=1S/C17H23N3O/c18-9-12-6-10(4-5-19-12)17(21)20-16-8-11-7-15(16)14-3-1-2-13(11)14/h4-6,11,13-16H,1-3,7-9,18H2,(H,20,21). The molecule has 3 fully saturated rings. The Morgan fingerprint density at radius 3 is 3.00 bits per heavy atom. The Morgan fingerprint density at radius 2 is 2.14 bits per heavy atom. The number of hydrogen-bond donors (Lipinski definition) is 2. The number of nitrogens with zero attached hydrogens (tertiary/aromatic N) is 1. The lowest BCUT2D eigenvalue weighted by Crippen LogP contribution is -2.42. The molecule has 3 saturated carbocycles. The fraction of sp³-hybridized carbons (Fsp3) is 0.647. The number of rotatable bonds is 3. The number of fused-ring (bicyclic) bond motifs is 5. The third-order valence-electron chi connectivity index (χ3n) is 6.03. The highest BCUT2D eigenvalue weighted by molar-refractivity contribution is 5.94. The van der Waals surface area contributed by atoms with Crippen LogP contribution in [0, 0.1) is 23.7 Å². The van der Waals surface area contributed by atoms with E-state index in [0.717, 1.165) is 29.4 Å². The number of amides is 1. The highest BCUT2D eigenvalue weighted by Gasteiger charge is 2.54. The Bertz CT molecular complexity index is 559. The van der Waals surface area contributed by atoms with Crippen LogP contribution in [-0.4, -0.2) is 16.9 Å². The minimum Gasteiger partial charge on any atom is -0.349 e. The van der Waals surface area contributed by atoms with Crippen molar-refractivity contribution in [3.63, 3.8) is 0 Å². The first kappa shape index (κ1) is 13.3. The third kappa shape index (κ3) is 2.16. The van der Waals surface area contributed by atoms with Gasteiger partial charge in [0, 0.05) is 24.3 Å². The number of nitrogens with one attached hydrogen (secondary N) is 1. The van der Waals surface area contributed by atoms with E-state index in [2.05, 4.69) is 10.3 Å². The highest BCUT2D eigenvalue weighted by atomic mass is 16.1. The maximum absolute atomic E-state index is 12.5. The predicted octanol–water partition coefficient (Wildman–Crippen LogP) is 2.09. The van der Waals surface area contributed by atoms with E-state index in [1.54, 1.807) is 18.3 Å². The van der Waals surface area contributed by atoms with Gasteiger partial charge >= 0.3 is 0 Å². The number of carbonyl (C=O) groups excluding carboxylic acids is 1. The molecule has 1 aromatic heterocycles. The van der Waals surface area contributed by atoms with Crippen LogP contribution in [0.25, 0.3) is 0 Å². The summed E-state index contributed by atoms with van der Waals surface area (Å²) in [6, 6.07) is 3.97. The fourth-order valence-electron chi connectivity index (χ4n) is 5.22. The maximum Gasteiger partial charge on any atom is 0.251 e. The van der Waals surface area contributed by atoms with Crippen LogP contribution in [0.5, 0.6) is 0 Å². The average Bonchev–Trinajstić information content (AvgIpc) is 3.19. The van der Waals surface area contributed by atoms with E-state index >= 15 is 0 Å². The zero-order chi connectivity index (χ0) is 14.4. The summed E-state index contributed by atoms with van der Waals surface area (Å²) in [5.74, 6) is 3.48. The van der Waals surface area contributed by atoms with E-state index < -0.39 is 0 Å². The number of nitrogens with two attached hydrogens (primary N) is 1. The van der Waals surface area contributed by atoms with Gasteiger partial charge in [-0.1, -0.05) is 6.42 Å². The zero-order valence-corrected chi connectivity index (χ0v) is 12.3. The van der Waals surface area contributed by atoms with Crippen molar-refractivity contribution in [3.05, 3.63) is 29.6 Å². The molecule has 4 rings (SSSR count). The van der Waals surface area contributed by atoms with Gasteiger partial charge in [-0.25, -0.2) is 0 Å². The van der Waals surface area contributed by atoms with Gasteiger partial charge in [0.15, 0.2) is 0 Å². The van der Waals surface area contributed by atoms with E-state index in [9.17, 15) is 4.79 Å². The molecule has 0 saturated heterocycles. The zero-order valence-electron chi connectivity index (χ0n) is 12.3. The summed E-state index contributed by atoms with van der Waals surface area (Å²) in [4.78, 5) is 16.6. The number of pyridine rings is 1. The molecular weight excluding hydrogens is 262 g/mol. The molecular formula is C17H23N3O. The van der Waals surface area contributed by atoms with Gasteiger partial charge in [-0.2, -0.15) is 0 Å². The SMILES string of the molecule is NCc1cc(C(=O)NC2CC3CC2C2CCCC32)ccn1. The third-order valence-corrected chi connectivity index (χ3v) is 6.03. The second kappa shape index (κ2) is 5.09. The van der Waals surface area contributed by atoms with Crippen LogP contribution >= 0.6 is 0 Å². The van der Waals surface area contributed by atoms with Crippen LogP contribution < -0.4 is 11.1 Å². The lowest BCUT2D eigenvalue weighted by Gasteiger charge is -2.32. The Morgan fingerprint density at radius 1 is 1.29 bits per heavy atom. The quantitative estimate of drug-likeness (QED) is 0.893. The second-order valence-electron chi connectivity index (χ2n) is 6.97. The molecule has 2 bridgehead atoms. The Kier molecular flexibility index (Phi) is 3.21. The van der Waals surface area contributed by atoms with Crippen molar-refractivity contribution >= 4 is 5.91 Å². The van der Waals surface area contributed by atoms with E-state index in [0.29, 0.717) is 18.2 Å². The predicted molar refractivity (Wildman–Crippen MR) is 80.4 cm³/mol. The van der Waals surface area contributed by atoms with Crippen LogP contribution in [0.15, 0.2) is 18.3 Å². The lowest BCUT2D eigenvalue weighted by atomic mass is 9.79. The first-order valence-corrected chi connectivity index (χ1v) is 8.22. The van der Waals surface area contributed by atoms with E-state index in [-0.39, 0.29) is 5.91 Å². The van der Waals surface area contributed by atoms with Gasteiger partial charge < -0.3 is 11.1 Å². The van der Waals surface area contributed by atoms with Gasteiger partial charge in [-0.05, 0) is 61.5 Å². The summed E-state index contributed by atoms with van der Waals surface area (Å²) in [7, 11) is 0. The van der Waals surface area contributed by atoms with E-state index in [1.807, 2.05) is 0 Å². The summed E-state index contributed by atoms with van der Waals surface area (Å²) in [5.41, 5.74) is 7.06. The van der Waals surface area contributed by atoms with Crippen LogP contribution in [0.4, 0.5) is 0 Å². The smallest absolute Gasteiger partial charge is 0.251 e. The molecule has 0 spiro atoms. The summed E-state index contributed by atoms with van der Waals surface area (Å²) < 4.78 is 0. The maximum atomic E-state index is 12.5. The highest BCUT2D eigenvalue weighted by Crippen LogP contribution is 2.58. The van der Waals surface area contributed by atoms with Crippen LogP contribution in [0.2, 0.25) is 0 Å². The summed E-state index contributed by atoms with van der Waals surface area (Å²) in [5, 5.41) is 3.28. The molecule has 0 aromatic carbocycles. The van der Waals surface area contributed by atoms with Crippen molar-refractivity contribution < 1.29 is 4.79 Å². The number of carbonyl (C=O) groups is 1. The molecule has 112 valence electrons. The average molecular weight is 285 g/mol. The van der Waals surface area contributed by atoms with Gasteiger partial charge in [0.2, 0.25) is 0 Å². The molecule has 0 radical (unpaired) electrons. The van der Waals surface area contributed by atoms with Gasteiger partial charge in [0.1, 0.15) is 0 Å². The van der Waals surface area contributed by atoms with Crippen LogP contribution in [-0.2, 0) is 6.54 Å². The first-order valence-electron chi connectivity index (χ1n) is 8.22. The molecule has 3 aliphatic rings. The Hall–Kier alpha value is -1.42. The molecule has 5 unspecified atom stereocenters. The largest absolute Gasteiger partial charge is 0.349 e. The molecule has 3 aliphatic carbocycles. The molecule has 4 nitrogen and oxygen atoms in total. The summed E-state index contributed by atoms with van der Waals surface area (Å²) in [6.07, 6.45) is 8.40. The molecule has 5 atom stereocenters. The van der Waals surface area contributed by atoms with Crippen molar-refractivity contribution in [2.75, 3.05) is 0 Å². The normalized spacial score (nSPS) is 36.7. The van der Waals surface area contributed by atoms with Crippen molar-refractivity contribution in [1.82, 2.24) is 10.3 Å². The van der Waals surface area contributed by atoms with E-state index in [1.165, 1.54) is 32.1 Å². The second-order valence-corrected chi connectivity index (χ2v) is 6.97. The number of aromatic nitrogens is 1. The van der Waals surface area contributed by atoms with Crippen molar-refractivity contribution in [1.29, 1.82) is 0 Å². The lowest BCUT2D eigenvalue weighted by molar-refractivity contribution is 0.0901. The van der Waals surface area contributed by atoms with Crippen molar-refractivity contribution in [3.8, 4) is 0 Å². The van der Waals surface area contributed by atoms with Gasteiger partial charge in [-0.15, -0.1) is 0 Å². The molecule has 1 aromatic rings. The van der Waals surface area contributed by atoms with Gasteiger partial charge in [-0.3, -0.25) is 9.78 Å². The summed E-state index contributed by atoms with van der Waals surface area (Å²) >= 11 is 0. The van der Waals surface area contributed by atoms with E-state index in [4.69, 9.17) is 5.73 Å². The van der Waals surface area contributed by atoms with Gasteiger partial charge in [0.25, 0.3) is 5.91 Å². The number of hydrogen-bond acceptors (Lipinski definition) is 3. The minimum atomic E-state index is 0.0409. The van der Waals surface area contributed by atoms with Crippen LogP contribution in [0.1, 0.15) is 48.2 Å². The fourth-order valence-corrected chi connectivity index (χ4v) is 5.22. The first-order chi connectivity index (χ1) is 10.3. The topological polar surface area (TPSA) is 68.0 Å². The molecule has 1 amide bonds. The van der Waals surface area contributed by atoms with Crippen molar-refractivity contribution in [2.45, 2.75) is 44.7 Å². The summed E-state index contributed by atoms with van der Waals surface area (Å²) in [6.45, 7) is 0.374. The van der Waals surface area contributed by atoms with Gasteiger partial charge in [0.05, 0.1) is 5.69 Å².